The van der Waals surface area contributed by atoms with Gasteiger partial charge in [-0.1, -0.05) is 48.5 Å². The van der Waals surface area contributed by atoms with Gasteiger partial charge in [-0.05, 0) is 65.1 Å². The lowest BCUT2D eigenvalue weighted by Crippen LogP contribution is -2.14. The predicted molar refractivity (Wildman–Crippen MR) is 137 cm³/mol. The zero-order valence-electron chi connectivity index (χ0n) is 19.5. The molecule has 1 amide bonds. The third-order valence-electron chi connectivity index (χ3n) is 5.78. The average Bonchev–Trinajstić information content (AvgIpc) is 3.32. The first-order valence-electron chi connectivity index (χ1n) is 11.4. The van der Waals surface area contributed by atoms with E-state index in [1.165, 1.54) is 0 Å². The van der Waals surface area contributed by atoms with Crippen LogP contribution in [0.25, 0.3) is 33.7 Å². The fourth-order valence-electron chi connectivity index (χ4n) is 3.98. The van der Waals surface area contributed by atoms with Crippen LogP contribution in [0.15, 0.2) is 95.7 Å². The number of rotatable bonds is 6. The van der Waals surface area contributed by atoms with Crippen LogP contribution >= 0.6 is 0 Å². The van der Waals surface area contributed by atoms with Crippen molar-refractivity contribution in [2.24, 2.45) is 0 Å². The molecule has 0 spiro atoms. The highest BCUT2D eigenvalue weighted by atomic mass is 16.4. The molecular formula is C29H24N4O2. The quantitative estimate of drug-likeness (QED) is 0.323. The van der Waals surface area contributed by atoms with Crippen LogP contribution < -0.4 is 5.32 Å². The Morgan fingerprint density at radius 3 is 2.37 bits per heavy atom. The third kappa shape index (κ3) is 5.17. The van der Waals surface area contributed by atoms with Gasteiger partial charge in [0.25, 0.3) is 0 Å². The van der Waals surface area contributed by atoms with E-state index in [0.717, 1.165) is 44.6 Å². The number of nitrogens with one attached hydrogen (secondary N) is 1. The maximum Gasteiger partial charge on any atom is 0.247 e. The van der Waals surface area contributed by atoms with Crippen molar-refractivity contribution in [1.29, 1.82) is 0 Å². The maximum atomic E-state index is 12.7. The number of nitrogens with zero attached hydrogens (tertiary/aromatic N) is 3. The second-order valence-electron chi connectivity index (χ2n) is 8.40. The standard InChI is InChI=1S/C29H24N4O2/c1-19-8-11-24(29-33-32-20(2)35-29)17-27(19)22-12-9-21(10-13-22)15-28(34)31-26-7-3-5-23(16-26)25-6-4-14-30-18-25/h3-14,16-18H,15H2,1-2H3,(H,31,34). The molecule has 1 N–H and O–H groups in total. The molecule has 0 aliphatic heterocycles. The lowest BCUT2D eigenvalue weighted by Gasteiger charge is -2.10. The van der Waals surface area contributed by atoms with Crippen molar-refractivity contribution in [1.82, 2.24) is 15.2 Å². The van der Waals surface area contributed by atoms with E-state index in [4.69, 9.17) is 4.42 Å². The summed E-state index contributed by atoms with van der Waals surface area (Å²) in [5, 5.41) is 11.0. The van der Waals surface area contributed by atoms with Crippen molar-refractivity contribution in [3.8, 4) is 33.7 Å². The first-order valence-corrected chi connectivity index (χ1v) is 11.4. The molecule has 0 bridgehead atoms. The molecule has 3 aromatic carbocycles. The van der Waals surface area contributed by atoms with Crippen molar-refractivity contribution in [3.63, 3.8) is 0 Å². The Labute approximate surface area is 203 Å². The van der Waals surface area contributed by atoms with E-state index >= 15 is 0 Å². The molecule has 35 heavy (non-hydrogen) atoms. The molecular weight excluding hydrogens is 436 g/mol. The molecule has 0 aliphatic rings. The number of carbonyl (C=O) groups excluding carboxylic acids is 1. The van der Waals surface area contributed by atoms with Crippen molar-refractivity contribution in [2.45, 2.75) is 20.3 Å². The lowest BCUT2D eigenvalue weighted by atomic mass is 9.96. The Morgan fingerprint density at radius 1 is 0.829 bits per heavy atom. The van der Waals surface area contributed by atoms with Gasteiger partial charge in [0.1, 0.15) is 0 Å². The SMILES string of the molecule is Cc1nnc(-c2ccc(C)c(-c3ccc(CC(=O)Nc4cccc(-c5cccnc5)c4)cc3)c2)o1. The Balaban J connectivity index is 1.28. The van der Waals surface area contributed by atoms with Crippen LogP contribution in [0.3, 0.4) is 0 Å². The minimum Gasteiger partial charge on any atom is -0.421 e. The van der Waals surface area contributed by atoms with E-state index in [0.29, 0.717) is 11.8 Å². The summed E-state index contributed by atoms with van der Waals surface area (Å²) in [6.07, 6.45) is 3.84. The molecule has 5 rings (SSSR count). The minimum absolute atomic E-state index is 0.0639. The number of hydrogen-bond acceptors (Lipinski definition) is 5. The van der Waals surface area contributed by atoms with Crippen LogP contribution in [-0.4, -0.2) is 21.1 Å². The highest BCUT2D eigenvalue weighted by Crippen LogP contribution is 2.29. The summed E-state index contributed by atoms with van der Waals surface area (Å²) in [6, 6.07) is 25.8. The van der Waals surface area contributed by atoms with E-state index in [-0.39, 0.29) is 12.3 Å². The predicted octanol–water partition coefficient (Wildman–Crippen LogP) is 6.26. The van der Waals surface area contributed by atoms with Crippen LogP contribution in [0.1, 0.15) is 17.0 Å². The zero-order chi connectivity index (χ0) is 24.2. The van der Waals surface area contributed by atoms with Gasteiger partial charge in [0.15, 0.2) is 0 Å². The molecule has 172 valence electrons. The number of benzene rings is 3. The average molecular weight is 461 g/mol. The summed E-state index contributed by atoms with van der Waals surface area (Å²) in [4.78, 5) is 16.9. The minimum atomic E-state index is -0.0639. The maximum absolute atomic E-state index is 12.7. The summed E-state index contributed by atoms with van der Waals surface area (Å²) >= 11 is 0. The van der Waals surface area contributed by atoms with Crippen LogP contribution in [0.5, 0.6) is 0 Å². The molecule has 2 heterocycles. The van der Waals surface area contributed by atoms with Crippen molar-refractivity contribution in [2.75, 3.05) is 5.32 Å². The number of anilines is 1. The molecule has 0 unspecified atom stereocenters. The number of carbonyl (C=O) groups is 1. The third-order valence-corrected chi connectivity index (χ3v) is 5.78. The fraction of sp³-hybridized carbons (Fsp3) is 0.103. The van der Waals surface area contributed by atoms with Gasteiger partial charge in [-0.3, -0.25) is 9.78 Å². The van der Waals surface area contributed by atoms with Crippen LogP contribution in [0.4, 0.5) is 5.69 Å². The van der Waals surface area contributed by atoms with Crippen LogP contribution in [0, 0.1) is 13.8 Å². The molecule has 2 aromatic heterocycles. The first-order chi connectivity index (χ1) is 17.0. The van der Waals surface area contributed by atoms with Crippen molar-refractivity contribution in [3.05, 3.63) is 108 Å². The molecule has 0 aliphatic carbocycles. The molecule has 0 saturated heterocycles. The zero-order valence-corrected chi connectivity index (χ0v) is 19.5. The topological polar surface area (TPSA) is 80.9 Å². The summed E-state index contributed by atoms with van der Waals surface area (Å²) in [5.74, 6) is 0.976. The molecule has 0 atom stereocenters. The molecule has 6 heteroatoms. The second-order valence-corrected chi connectivity index (χ2v) is 8.40. The highest BCUT2D eigenvalue weighted by Gasteiger charge is 2.11. The van der Waals surface area contributed by atoms with Crippen molar-refractivity contribution < 1.29 is 9.21 Å². The van der Waals surface area contributed by atoms with Gasteiger partial charge < -0.3 is 9.73 Å². The molecule has 5 aromatic rings. The summed E-state index contributed by atoms with van der Waals surface area (Å²) < 4.78 is 5.57. The molecule has 0 fully saturated rings. The Hall–Kier alpha value is -4.58. The number of pyridine rings is 1. The Morgan fingerprint density at radius 2 is 1.63 bits per heavy atom. The lowest BCUT2D eigenvalue weighted by molar-refractivity contribution is -0.115. The number of aromatic nitrogens is 3. The van der Waals surface area contributed by atoms with Crippen LogP contribution in [-0.2, 0) is 11.2 Å². The number of amides is 1. The van der Waals surface area contributed by atoms with E-state index in [1.54, 1.807) is 13.1 Å². The fourth-order valence-corrected chi connectivity index (χ4v) is 3.98. The van der Waals surface area contributed by atoms with Gasteiger partial charge in [0.05, 0.1) is 6.42 Å². The van der Waals surface area contributed by atoms with E-state index in [1.807, 2.05) is 79.0 Å². The number of hydrogen-bond donors (Lipinski definition) is 1. The van der Waals surface area contributed by atoms with Gasteiger partial charge in [0.2, 0.25) is 17.7 Å². The molecule has 0 saturated carbocycles. The summed E-state index contributed by atoms with van der Waals surface area (Å²) in [6.45, 7) is 3.84. The van der Waals surface area contributed by atoms with E-state index in [2.05, 4.69) is 33.5 Å². The smallest absolute Gasteiger partial charge is 0.247 e. The van der Waals surface area contributed by atoms with Gasteiger partial charge in [-0.2, -0.15) is 0 Å². The van der Waals surface area contributed by atoms with E-state index in [9.17, 15) is 4.79 Å². The van der Waals surface area contributed by atoms with Crippen LogP contribution in [0.2, 0.25) is 0 Å². The Kier molecular flexibility index (Phi) is 6.18. The molecule has 0 radical (unpaired) electrons. The highest BCUT2D eigenvalue weighted by molar-refractivity contribution is 5.93. The first kappa shape index (κ1) is 22.2. The monoisotopic (exact) mass is 460 g/mol. The van der Waals surface area contributed by atoms with Gasteiger partial charge >= 0.3 is 0 Å². The normalized spacial score (nSPS) is 10.8. The van der Waals surface area contributed by atoms with Gasteiger partial charge in [-0.15, -0.1) is 10.2 Å². The number of aryl methyl sites for hydroxylation is 2. The van der Waals surface area contributed by atoms with E-state index < -0.39 is 0 Å². The van der Waals surface area contributed by atoms with Crippen molar-refractivity contribution >= 4 is 11.6 Å². The molecule has 6 nitrogen and oxygen atoms in total. The summed E-state index contributed by atoms with van der Waals surface area (Å²) in [5.41, 5.74) is 7.89. The van der Waals surface area contributed by atoms with Gasteiger partial charge in [-0.25, -0.2) is 0 Å². The summed E-state index contributed by atoms with van der Waals surface area (Å²) in [7, 11) is 0. The second kappa shape index (κ2) is 9.73. The van der Waals surface area contributed by atoms with Gasteiger partial charge in [0, 0.05) is 36.1 Å². The Bertz CT molecular complexity index is 1470. The largest absolute Gasteiger partial charge is 0.421 e.